The van der Waals surface area contributed by atoms with Crippen molar-refractivity contribution in [3.05, 3.63) is 35.4 Å². The molecule has 4 heterocycles. The average molecular weight is 1330 g/mol. The summed E-state index contributed by atoms with van der Waals surface area (Å²) in [5.41, 5.74) is -4.92. The van der Waals surface area contributed by atoms with Crippen LogP contribution in [0, 0.1) is 50.2 Å². The molecule has 13 N–H and O–H groups in total. The summed E-state index contributed by atoms with van der Waals surface area (Å²) in [6, 6.07) is 3.17. The maximum atomic E-state index is 15.9. The number of allylic oxidation sites excluding steroid dienone is 1. The summed E-state index contributed by atoms with van der Waals surface area (Å²) in [6.07, 6.45) is -27.2. The number of aliphatic hydroxyl groups is 12. The molecule has 0 amide bonds. The van der Waals surface area contributed by atoms with Crippen molar-refractivity contribution in [2.24, 2.45) is 50.2 Å². The first-order chi connectivity index (χ1) is 43.8. The van der Waals surface area contributed by atoms with Crippen molar-refractivity contribution in [1.29, 1.82) is 0 Å². The summed E-state index contributed by atoms with van der Waals surface area (Å²) >= 11 is 0. The zero-order valence-corrected chi connectivity index (χ0v) is 54.2. The van der Waals surface area contributed by atoms with Crippen molar-refractivity contribution >= 4 is 24.0 Å². The molecule has 0 spiro atoms. The van der Waals surface area contributed by atoms with E-state index in [-0.39, 0.29) is 43.6 Å². The minimum absolute atomic E-state index is 0.0203. The molecule has 1 aromatic carbocycles. The third kappa shape index (κ3) is 12.1. The molecule has 0 bridgehead atoms. The Hall–Kier alpha value is -4.25. The highest BCUT2D eigenvalue weighted by molar-refractivity contribution is 5.87. The lowest BCUT2D eigenvalue weighted by Crippen LogP contribution is -2.71. The summed E-state index contributed by atoms with van der Waals surface area (Å²) in [4.78, 5) is 43.5. The molecule has 28 nitrogen and oxygen atoms in total. The zero-order chi connectivity index (χ0) is 68.0. The Bertz CT molecular complexity index is 2900. The molecule has 4 aliphatic heterocycles. The molecule has 9 aliphatic rings. The number of rotatable bonds is 17. The van der Waals surface area contributed by atoms with Crippen molar-refractivity contribution in [2.75, 3.05) is 41.2 Å². The molecule has 0 unspecified atom stereocenters. The van der Waals surface area contributed by atoms with Gasteiger partial charge in [-0.1, -0.05) is 39.3 Å². The van der Waals surface area contributed by atoms with Gasteiger partial charge in [0.25, 0.3) is 0 Å². The van der Waals surface area contributed by atoms with Gasteiger partial charge in [0, 0.05) is 11.5 Å². The topological polar surface area (TPSA) is 425 Å². The van der Waals surface area contributed by atoms with Gasteiger partial charge >= 0.3 is 17.9 Å². The number of aliphatic hydroxyl groups excluding tert-OH is 12. The molecule has 28 heteroatoms. The summed E-state index contributed by atoms with van der Waals surface area (Å²) in [7, 11) is 4.29. The number of hydrogen-bond acceptors (Lipinski definition) is 27. The van der Waals surface area contributed by atoms with E-state index in [4.69, 9.17) is 56.8 Å². The molecule has 4 saturated carbocycles. The molecule has 0 aromatic heterocycles. The van der Waals surface area contributed by atoms with Crippen LogP contribution in [0.1, 0.15) is 112 Å². The van der Waals surface area contributed by atoms with Gasteiger partial charge < -0.3 is 123 Å². The lowest BCUT2D eigenvalue weighted by Gasteiger charge is -2.71. The first-order valence-corrected chi connectivity index (χ1v) is 32.2. The van der Waals surface area contributed by atoms with Crippen LogP contribution in [0.4, 0.5) is 0 Å². The van der Waals surface area contributed by atoms with Gasteiger partial charge in [-0.2, -0.15) is 0 Å². The van der Waals surface area contributed by atoms with E-state index in [9.17, 15) is 76.0 Å². The smallest absolute Gasteiger partial charge is 0.331 e. The molecule has 10 rings (SSSR count). The van der Waals surface area contributed by atoms with Crippen LogP contribution in [0.25, 0.3) is 6.08 Å². The van der Waals surface area contributed by atoms with Gasteiger partial charge in [-0.15, -0.1) is 0 Å². The summed E-state index contributed by atoms with van der Waals surface area (Å²) in [6.45, 7) is 11.1. The van der Waals surface area contributed by atoms with E-state index < -0.39 is 199 Å². The lowest BCUT2D eigenvalue weighted by molar-refractivity contribution is -0.373. The maximum absolute atomic E-state index is 15.9. The van der Waals surface area contributed by atoms with Crippen LogP contribution in [0.5, 0.6) is 17.2 Å². The zero-order valence-electron chi connectivity index (χ0n) is 54.2. The van der Waals surface area contributed by atoms with E-state index in [0.717, 1.165) is 11.6 Å². The number of ether oxygens (including phenoxy) is 12. The average Bonchev–Trinajstić information content (AvgIpc) is 0.671. The molecule has 524 valence electrons. The monoisotopic (exact) mass is 1320 g/mol. The van der Waals surface area contributed by atoms with Gasteiger partial charge in [-0.3, -0.25) is 9.59 Å². The molecule has 1 aromatic rings. The maximum Gasteiger partial charge on any atom is 0.331 e. The number of esters is 2. The molecular formula is C65H96O28. The number of carbonyl (C=O) groups excluding carboxylic acids is 2. The van der Waals surface area contributed by atoms with Gasteiger partial charge in [-0.05, 0) is 136 Å². The first kappa shape index (κ1) is 71.5. The number of aliphatic carboxylic acids is 1. The number of carboxylic acids is 1. The summed E-state index contributed by atoms with van der Waals surface area (Å²) in [5, 5.41) is 145. The second kappa shape index (κ2) is 26.9. The molecule has 29 atom stereocenters. The minimum atomic E-state index is -2.00. The van der Waals surface area contributed by atoms with Crippen LogP contribution >= 0.6 is 0 Å². The van der Waals surface area contributed by atoms with Crippen molar-refractivity contribution in [1.82, 2.24) is 0 Å². The van der Waals surface area contributed by atoms with Crippen molar-refractivity contribution in [3.8, 4) is 17.2 Å². The molecule has 8 fully saturated rings. The Balaban J connectivity index is 0.942. The van der Waals surface area contributed by atoms with E-state index in [2.05, 4.69) is 26.8 Å². The fourth-order valence-corrected chi connectivity index (χ4v) is 18.0. The number of carboxylic acid groups (broad SMARTS) is 1. The van der Waals surface area contributed by atoms with Crippen molar-refractivity contribution in [3.63, 3.8) is 0 Å². The predicted octanol–water partition coefficient (Wildman–Crippen LogP) is -0.0430. The fraction of sp³-hybridized carbons (Fsp3) is 0.800. The third-order valence-corrected chi connectivity index (χ3v) is 23.3. The standard InChI is InChI=1S/C65H96O28/c1-28-49(90-54-45(75)41(71)34(69)26-85-54)44(74)47(77)55(86-28)91-52-48(78)50(89-40(70)14-11-30-21-35(82-8)51(84-10)36(22-30)83-9)29(2)87-57(52)93-59(81)64-18-17-60(3,4)23-32(64)31-12-13-38-61(5)24-33(68)53(92-56-46(76)43(73)42(72)37(25-66)88-56)63(7,58(79)80)39(61)15-16-62(38,6)65(31,27-67)20-19-64/h11-12,14,21-22,28-29,32-34,37-39,41-50,52-57,66-69,71-78H,13,15-20,23-27H2,1-10H3,(H,79,80)/b14-11+/t28-,29+,32-,33-,34+,37+,38+,39+,41-,42+,43-,44-,45+,46+,47+,48-,49-,50-,52+,53-,54-,55-,56-,57-,61+,62+,63-,64-,65-/m0/s1. The van der Waals surface area contributed by atoms with Crippen LogP contribution < -0.4 is 14.2 Å². The highest BCUT2D eigenvalue weighted by Gasteiger charge is 2.74. The van der Waals surface area contributed by atoms with Gasteiger partial charge in [0.15, 0.2) is 42.6 Å². The largest absolute Gasteiger partial charge is 0.493 e. The molecule has 4 saturated heterocycles. The second-order valence-electron chi connectivity index (χ2n) is 28.8. The van der Waals surface area contributed by atoms with E-state index in [1.54, 1.807) is 12.1 Å². The van der Waals surface area contributed by atoms with E-state index in [0.29, 0.717) is 54.9 Å². The SMILES string of the molecule is COc1cc(/C=C/C(=O)O[C@@H]2[C@H](O)[C@@H](O[C@@H]3O[C@@H](C)[C@H](O[C@@H]4OC[C@@H](O)[C@H](O)[C@H]4O)[C@@H](O)[C@H]3O)[C@H](OC(=O)[C@]34CCC(C)(C)C[C@H]3C3=CC[C@@H]5[C@@]6(C)C[C@H](O)[C@H](O[C@@H]7O[C@H](CO)[C@@H](O)[C@H](O)[C@H]7O)[C@@](C)(C(=O)O)[C@@H]6CC[C@@]5(C)[C@]3(CO)CC4)O[C@@H]2C)cc(OC)c1OC. The number of methoxy groups -OCH3 is 3. The van der Waals surface area contributed by atoms with Gasteiger partial charge in [0.05, 0.1) is 70.3 Å². The Morgan fingerprint density at radius 3 is 1.87 bits per heavy atom. The van der Waals surface area contributed by atoms with Gasteiger partial charge in [0.1, 0.15) is 73.2 Å². The van der Waals surface area contributed by atoms with Crippen molar-refractivity contribution < 1.29 is 138 Å². The Morgan fingerprint density at radius 1 is 0.624 bits per heavy atom. The number of benzene rings is 1. The first-order valence-electron chi connectivity index (χ1n) is 32.2. The summed E-state index contributed by atoms with van der Waals surface area (Å²) < 4.78 is 70.7. The van der Waals surface area contributed by atoms with Crippen molar-refractivity contribution in [2.45, 2.75) is 235 Å². The molecular weight excluding hydrogens is 1230 g/mol. The Morgan fingerprint density at radius 2 is 1.24 bits per heavy atom. The van der Waals surface area contributed by atoms with Crippen LogP contribution in [-0.4, -0.2) is 254 Å². The summed E-state index contributed by atoms with van der Waals surface area (Å²) in [5.74, 6) is -3.69. The minimum Gasteiger partial charge on any atom is -0.493 e. The van der Waals surface area contributed by atoms with Crippen LogP contribution in [0.15, 0.2) is 29.9 Å². The van der Waals surface area contributed by atoms with E-state index in [1.807, 2.05) is 6.92 Å². The highest BCUT2D eigenvalue weighted by Crippen LogP contribution is 2.76. The lowest BCUT2D eigenvalue weighted by atomic mass is 9.33. The third-order valence-electron chi connectivity index (χ3n) is 23.3. The molecule has 5 aliphatic carbocycles. The highest BCUT2D eigenvalue weighted by atomic mass is 16.8. The molecule has 93 heavy (non-hydrogen) atoms. The molecule has 0 radical (unpaired) electrons. The predicted molar refractivity (Wildman–Crippen MR) is 318 cm³/mol. The van der Waals surface area contributed by atoms with Crippen LogP contribution in [-0.2, 0) is 57.0 Å². The quantitative estimate of drug-likeness (QED) is 0.0421. The van der Waals surface area contributed by atoms with E-state index >= 15 is 4.79 Å². The number of carbonyl (C=O) groups is 3. The van der Waals surface area contributed by atoms with Gasteiger partial charge in [-0.25, -0.2) is 4.79 Å². The Labute approximate surface area is 539 Å². The van der Waals surface area contributed by atoms with Crippen LogP contribution in [0.3, 0.4) is 0 Å². The van der Waals surface area contributed by atoms with Gasteiger partial charge in [0.2, 0.25) is 12.0 Å². The number of fused-ring (bicyclic) bond motifs is 7. The Kier molecular flexibility index (Phi) is 20.7. The van der Waals surface area contributed by atoms with Crippen LogP contribution in [0.2, 0.25) is 0 Å². The second-order valence-corrected chi connectivity index (χ2v) is 28.8. The number of hydrogen-bond donors (Lipinski definition) is 13. The fourth-order valence-electron chi connectivity index (χ4n) is 18.0. The normalized spacial score (nSPS) is 47.1. The van der Waals surface area contributed by atoms with E-state index in [1.165, 1.54) is 48.2 Å².